The van der Waals surface area contributed by atoms with Gasteiger partial charge >= 0.3 is 6.09 Å². The molecule has 2 unspecified atom stereocenters. The van der Waals surface area contributed by atoms with Crippen LogP contribution in [0.4, 0.5) is 14.9 Å². The van der Waals surface area contributed by atoms with Crippen molar-refractivity contribution in [2.75, 3.05) is 18.0 Å². The zero-order valence-corrected chi connectivity index (χ0v) is 14.2. The molecule has 0 radical (unpaired) electrons. The van der Waals surface area contributed by atoms with Crippen molar-refractivity contribution in [3.8, 4) is 5.69 Å². The molecule has 9 nitrogen and oxygen atoms in total. The number of aromatic nitrogens is 3. The van der Waals surface area contributed by atoms with Crippen LogP contribution in [0.2, 0.25) is 0 Å². The normalized spacial score (nSPS) is 17.9. The number of rotatable bonds is 5. The predicted molar refractivity (Wildman–Crippen MR) is 88.2 cm³/mol. The number of ether oxygens (including phenoxy) is 1. The van der Waals surface area contributed by atoms with Crippen LogP contribution >= 0.6 is 0 Å². The number of hydrogen-bond donors (Lipinski definition) is 2. The topological polar surface area (TPSA) is 110 Å². The SMILES string of the molecule is CC(=O)NCC1CN(c2ccc(-n3cc(C(C)O)nn3)c(F)c2)C(=O)O1. The summed E-state index contributed by atoms with van der Waals surface area (Å²) >= 11 is 0. The molecule has 2 aromatic rings. The molecule has 2 N–H and O–H groups in total. The number of carbonyl (C=O) groups is 2. The highest BCUT2D eigenvalue weighted by atomic mass is 19.1. The third-order valence-corrected chi connectivity index (χ3v) is 3.88. The van der Waals surface area contributed by atoms with E-state index in [-0.39, 0.29) is 24.7 Å². The number of nitrogens with one attached hydrogen (secondary N) is 1. The van der Waals surface area contributed by atoms with E-state index in [2.05, 4.69) is 15.6 Å². The van der Waals surface area contributed by atoms with Crippen LogP contribution in [0.25, 0.3) is 5.69 Å². The molecule has 10 heteroatoms. The zero-order valence-electron chi connectivity index (χ0n) is 14.2. The maximum Gasteiger partial charge on any atom is 0.414 e. The van der Waals surface area contributed by atoms with Gasteiger partial charge in [0.05, 0.1) is 31.1 Å². The van der Waals surface area contributed by atoms with Gasteiger partial charge in [0.15, 0.2) is 5.82 Å². The largest absolute Gasteiger partial charge is 0.442 e. The lowest BCUT2D eigenvalue weighted by atomic mass is 10.2. The van der Waals surface area contributed by atoms with E-state index in [0.717, 1.165) is 0 Å². The van der Waals surface area contributed by atoms with Crippen LogP contribution in [-0.2, 0) is 9.53 Å². The molecule has 138 valence electrons. The first-order valence-electron chi connectivity index (χ1n) is 7.98. The molecule has 1 aliphatic heterocycles. The van der Waals surface area contributed by atoms with Gasteiger partial charge < -0.3 is 15.2 Å². The summed E-state index contributed by atoms with van der Waals surface area (Å²) in [5, 5.41) is 19.6. The van der Waals surface area contributed by atoms with Gasteiger partial charge in [-0.05, 0) is 25.1 Å². The van der Waals surface area contributed by atoms with Gasteiger partial charge in [0.2, 0.25) is 5.91 Å². The highest BCUT2D eigenvalue weighted by Crippen LogP contribution is 2.25. The second-order valence-electron chi connectivity index (χ2n) is 5.95. The summed E-state index contributed by atoms with van der Waals surface area (Å²) in [6, 6.07) is 4.21. The van der Waals surface area contributed by atoms with Gasteiger partial charge in [-0.3, -0.25) is 9.69 Å². The van der Waals surface area contributed by atoms with Crippen LogP contribution in [0.1, 0.15) is 25.6 Å². The second kappa shape index (κ2) is 7.08. The van der Waals surface area contributed by atoms with Crippen molar-refractivity contribution in [3.63, 3.8) is 0 Å². The van der Waals surface area contributed by atoms with E-state index >= 15 is 0 Å². The van der Waals surface area contributed by atoms with E-state index in [9.17, 15) is 19.1 Å². The van der Waals surface area contributed by atoms with Crippen molar-refractivity contribution in [1.82, 2.24) is 20.3 Å². The van der Waals surface area contributed by atoms with Crippen LogP contribution in [-0.4, -0.2) is 51.3 Å². The Morgan fingerprint density at radius 1 is 1.54 bits per heavy atom. The number of nitrogens with zero attached hydrogens (tertiary/aromatic N) is 4. The molecular formula is C16H18FN5O4. The minimum absolute atomic E-state index is 0.135. The van der Waals surface area contributed by atoms with Crippen molar-refractivity contribution in [2.24, 2.45) is 0 Å². The van der Waals surface area contributed by atoms with Crippen LogP contribution < -0.4 is 10.2 Å². The molecule has 1 aromatic carbocycles. The first-order valence-corrected chi connectivity index (χ1v) is 7.98. The molecule has 1 fully saturated rings. The Bertz CT molecular complexity index is 838. The maximum atomic E-state index is 14.5. The van der Waals surface area contributed by atoms with Crippen LogP contribution in [0, 0.1) is 5.82 Å². The van der Waals surface area contributed by atoms with Crippen molar-refractivity contribution in [1.29, 1.82) is 0 Å². The van der Waals surface area contributed by atoms with Gasteiger partial charge in [0, 0.05) is 6.92 Å². The lowest BCUT2D eigenvalue weighted by Gasteiger charge is -2.14. The predicted octanol–water partition coefficient (Wildman–Crippen LogP) is 0.921. The molecule has 2 atom stereocenters. The Labute approximate surface area is 148 Å². The fraction of sp³-hybridized carbons (Fsp3) is 0.375. The molecule has 0 aliphatic carbocycles. The number of aliphatic hydroxyl groups excluding tert-OH is 1. The minimum Gasteiger partial charge on any atom is -0.442 e. The number of amides is 2. The lowest BCUT2D eigenvalue weighted by Crippen LogP contribution is -2.33. The monoisotopic (exact) mass is 363 g/mol. The van der Waals surface area contributed by atoms with Gasteiger partial charge in [-0.2, -0.15) is 0 Å². The van der Waals surface area contributed by atoms with Crippen molar-refractivity contribution in [2.45, 2.75) is 26.1 Å². The third kappa shape index (κ3) is 3.64. The molecule has 0 spiro atoms. The van der Waals surface area contributed by atoms with E-state index in [0.29, 0.717) is 11.4 Å². The number of benzene rings is 1. The fourth-order valence-corrected chi connectivity index (χ4v) is 2.53. The van der Waals surface area contributed by atoms with E-state index in [1.54, 1.807) is 6.07 Å². The van der Waals surface area contributed by atoms with Gasteiger partial charge in [0.1, 0.15) is 17.5 Å². The molecule has 1 aliphatic rings. The molecule has 26 heavy (non-hydrogen) atoms. The van der Waals surface area contributed by atoms with Crippen LogP contribution in [0.5, 0.6) is 0 Å². The molecule has 0 bridgehead atoms. The third-order valence-electron chi connectivity index (χ3n) is 3.88. The van der Waals surface area contributed by atoms with Crippen molar-refractivity contribution < 1.29 is 23.8 Å². The first kappa shape index (κ1) is 17.8. The van der Waals surface area contributed by atoms with E-state index in [4.69, 9.17) is 4.74 Å². The summed E-state index contributed by atoms with van der Waals surface area (Å²) in [6.45, 7) is 3.30. The summed E-state index contributed by atoms with van der Waals surface area (Å²) in [7, 11) is 0. The first-order chi connectivity index (χ1) is 12.3. The van der Waals surface area contributed by atoms with Crippen LogP contribution in [0.3, 0.4) is 0 Å². The lowest BCUT2D eigenvalue weighted by molar-refractivity contribution is -0.119. The highest BCUT2D eigenvalue weighted by molar-refractivity contribution is 5.90. The molecule has 2 heterocycles. The van der Waals surface area contributed by atoms with Crippen molar-refractivity contribution in [3.05, 3.63) is 35.9 Å². The molecule has 3 rings (SSSR count). The maximum absolute atomic E-state index is 14.5. The Balaban J connectivity index is 1.76. The van der Waals surface area contributed by atoms with Gasteiger partial charge in [-0.25, -0.2) is 13.9 Å². The number of anilines is 1. The second-order valence-corrected chi connectivity index (χ2v) is 5.95. The van der Waals surface area contributed by atoms with E-state index in [1.165, 1.54) is 41.8 Å². The Kier molecular flexibility index (Phi) is 4.85. The smallest absolute Gasteiger partial charge is 0.414 e. The molecule has 1 aromatic heterocycles. The molecule has 1 saturated heterocycles. The average Bonchev–Trinajstić information content (AvgIpc) is 3.20. The fourth-order valence-electron chi connectivity index (χ4n) is 2.53. The quantitative estimate of drug-likeness (QED) is 0.818. The van der Waals surface area contributed by atoms with Crippen LogP contribution in [0.15, 0.2) is 24.4 Å². The van der Waals surface area contributed by atoms with Gasteiger partial charge in [-0.15, -0.1) is 5.10 Å². The summed E-state index contributed by atoms with van der Waals surface area (Å²) in [5.41, 5.74) is 0.783. The summed E-state index contributed by atoms with van der Waals surface area (Å²) < 4.78 is 20.9. The summed E-state index contributed by atoms with van der Waals surface area (Å²) in [6.07, 6.45) is -0.496. The molecular weight excluding hydrogens is 345 g/mol. The average molecular weight is 363 g/mol. The standard InChI is InChI=1S/C16H18FN5O4/c1-9(23)14-8-22(20-19-14)15-4-3-11(5-13(15)17)21-7-12(26-16(21)25)6-18-10(2)24/h3-5,8-9,12,23H,6-7H2,1-2H3,(H,18,24). The number of cyclic esters (lactones) is 1. The van der Waals surface area contributed by atoms with Gasteiger partial charge in [0.25, 0.3) is 0 Å². The Morgan fingerprint density at radius 2 is 2.31 bits per heavy atom. The molecule has 2 amide bonds. The number of halogens is 1. The summed E-state index contributed by atoms with van der Waals surface area (Å²) in [5.74, 6) is -0.832. The number of hydrogen-bond acceptors (Lipinski definition) is 6. The summed E-state index contributed by atoms with van der Waals surface area (Å²) in [4.78, 5) is 24.2. The highest BCUT2D eigenvalue weighted by Gasteiger charge is 2.32. The Hall–Kier alpha value is -3.01. The van der Waals surface area contributed by atoms with E-state index in [1.807, 2.05) is 0 Å². The molecule has 0 saturated carbocycles. The minimum atomic E-state index is -0.814. The van der Waals surface area contributed by atoms with Crippen molar-refractivity contribution >= 4 is 17.7 Å². The number of aliphatic hydroxyl groups is 1. The number of carbonyl (C=O) groups excluding carboxylic acids is 2. The van der Waals surface area contributed by atoms with Gasteiger partial charge in [-0.1, -0.05) is 5.21 Å². The zero-order chi connectivity index (χ0) is 18.8. The van der Waals surface area contributed by atoms with E-state index < -0.39 is 24.1 Å². The Morgan fingerprint density at radius 3 is 2.92 bits per heavy atom.